The van der Waals surface area contributed by atoms with Crippen LogP contribution < -0.4 is 5.32 Å². The van der Waals surface area contributed by atoms with Gasteiger partial charge in [0.25, 0.3) is 0 Å². The van der Waals surface area contributed by atoms with Crippen molar-refractivity contribution in [2.75, 3.05) is 40.3 Å². The predicted molar refractivity (Wildman–Crippen MR) is 68.9 cm³/mol. The molecule has 0 aromatic rings. The highest BCUT2D eigenvalue weighted by Crippen LogP contribution is 2.32. The van der Waals surface area contributed by atoms with Crippen molar-refractivity contribution in [2.24, 2.45) is 5.41 Å². The molecule has 0 aromatic heterocycles. The number of hydrogen-bond donors (Lipinski definition) is 1. The maximum absolute atomic E-state index is 12.1. The lowest BCUT2D eigenvalue weighted by Crippen LogP contribution is -2.45. The van der Waals surface area contributed by atoms with Gasteiger partial charge in [-0.1, -0.05) is 6.92 Å². The summed E-state index contributed by atoms with van der Waals surface area (Å²) in [6, 6.07) is 0.0601. The molecule has 0 aromatic carbocycles. The van der Waals surface area contributed by atoms with Crippen LogP contribution in [0.3, 0.4) is 0 Å². The van der Waals surface area contributed by atoms with Gasteiger partial charge in [-0.25, -0.2) is 0 Å². The molecule has 4 heteroatoms. The van der Waals surface area contributed by atoms with Gasteiger partial charge in [-0.05, 0) is 51.9 Å². The smallest absolute Gasteiger partial charge is 0.239 e. The van der Waals surface area contributed by atoms with Crippen LogP contribution in [0.2, 0.25) is 0 Å². The number of hydrogen-bond acceptors (Lipinski definition) is 3. The van der Waals surface area contributed by atoms with Crippen LogP contribution in [-0.4, -0.2) is 62.0 Å². The van der Waals surface area contributed by atoms with Gasteiger partial charge in [0, 0.05) is 13.1 Å². The van der Waals surface area contributed by atoms with E-state index in [1.807, 2.05) is 7.05 Å². The average Bonchev–Trinajstić information content (AvgIpc) is 2.65. The molecule has 2 fully saturated rings. The number of likely N-dealkylation sites (N-methyl/N-ethyl adjacent to an activating group) is 1. The number of carbonyl (C=O) groups is 1. The molecule has 98 valence electrons. The van der Waals surface area contributed by atoms with Crippen LogP contribution in [0.5, 0.6) is 0 Å². The summed E-state index contributed by atoms with van der Waals surface area (Å²) in [4.78, 5) is 16.5. The zero-order valence-electron chi connectivity index (χ0n) is 11.3. The molecule has 2 aliphatic rings. The second-order valence-electron chi connectivity index (χ2n) is 6.00. The zero-order valence-corrected chi connectivity index (χ0v) is 11.3. The molecular weight excluding hydrogens is 214 g/mol. The molecule has 2 aliphatic heterocycles. The molecular formula is C13H25N3O. The average molecular weight is 239 g/mol. The normalized spacial score (nSPS) is 29.9. The largest absolute Gasteiger partial charge is 0.341 e. The fourth-order valence-electron chi connectivity index (χ4n) is 2.94. The van der Waals surface area contributed by atoms with Crippen molar-refractivity contribution in [3.05, 3.63) is 0 Å². The molecule has 1 amide bonds. The summed E-state index contributed by atoms with van der Waals surface area (Å²) in [5.74, 6) is 0.299. The van der Waals surface area contributed by atoms with Crippen LogP contribution >= 0.6 is 0 Å². The van der Waals surface area contributed by atoms with E-state index in [-0.39, 0.29) is 6.04 Å². The Balaban J connectivity index is 1.91. The van der Waals surface area contributed by atoms with E-state index in [9.17, 15) is 4.79 Å². The molecule has 1 atom stereocenters. The van der Waals surface area contributed by atoms with E-state index in [0.717, 1.165) is 32.6 Å². The lowest BCUT2D eigenvalue weighted by molar-refractivity contribution is -0.131. The van der Waals surface area contributed by atoms with Gasteiger partial charge < -0.3 is 15.1 Å². The van der Waals surface area contributed by atoms with E-state index in [0.29, 0.717) is 11.3 Å². The van der Waals surface area contributed by atoms with Crippen molar-refractivity contribution in [3.63, 3.8) is 0 Å². The number of nitrogens with one attached hydrogen (secondary N) is 1. The molecule has 4 nitrogen and oxygen atoms in total. The summed E-state index contributed by atoms with van der Waals surface area (Å²) >= 11 is 0. The van der Waals surface area contributed by atoms with E-state index in [1.54, 1.807) is 0 Å². The van der Waals surface area contributed by atoms with E-state index in [1.165, 1.54) is 12.8 Å². The number of rotatable bonds is 3. The third-order valence-electron chi connectivity index (χ3n) is 4.41. The van der Waals surface area contributed by atoms with Gasteiger partial charge in [0.15, 0.2) is 0 Å². The first-order chi connectivity index (χ1) is 8.04. The predicted octanol–water partition coefficient (Wildman–Crippen LogP) is 0.539. The standard InChI is InChI=1S/C13H25N3O/c1-13(5-8-15(3)9-6-13)10-16-7-4-11(14-2)12(16)17/h11,14H,4-10H2,1-3H3. The summed E-state index contributed by atoms with van der Waals surface area (Å²) in [7, 11) is 4.06. The summed E-state index contributed by atoms with van der Waals surface area (Å²) in [5.41, 5.74) is 0.324. The first-order valence-electron chi connectivity index (χ1n) is 6.69. The van der Waals surface area contributed by atoms with E-state index in [4.69, 9.17) is 0 Å². The van der Waals surface area contributed by atoms with Crippen molar-refractivity contribution in [2.45, 2.75) is 32.2 Å². The van der Waals surface area contributed by atoms with E-state index in [2.05, 4.69) is 29.1 Å². The van der Waals surface area contributed by atoms with Gasteiger partial charge in [0.2, 0.25) is 5.91 Å². The number of amides is 1. The molecule has 0 aliphatic carbocycles. The Morgan fingerprint density at radius 3 is 2.53 bits per heavy atom. The van der Waals surface area contributed by atoms with E-state index >= 15 is 0 Å². The Labute approximate surface area is 104 Å². The Kier molecular flexibility index (Phi) is 3.73. The van der Waals surface area contributed by atoms with Gasteiger partial charge in [-0.15, -0.1) is 0 Å². The topological polar surface area (TPSA) is 35.6 Å². The van der Waals surface area contributed by atoms with Crippen molar-refractivity contribution in [1.29, 1.82) is 0 Å². The quantitative estimate of drug-likeness (QED) is 0.781. The Bertz CT molecular complexity index is 284. The van der Waals surface area contributed by atoms with Crippen LogP contribution in [0.1, 0.15) is 26.2 Å². The molecule has 2 saturated heterocycles. The maximum atomic E-state index is 12.1. The summed E-state index contributed by atoms with van der Waals surface area (Å²) in [6.45, 7) is 6.52. The molecule has 1 unspecified atom stereocenters. The number of likely N-dealkylation sites (tertiary alicyclic amines) is 2. The molecule has 17 heavy (non-hydrogen) atoms. The summed E-state index contributed by atoms with van der Waals surface area (Å²) in [6.07, 6.45) is 3.38. The van der Waals surface area contributed by atoms with Crippen LogP contribution in [0.4, 0.5) is 0 Å². The second kappa shape index (κ2) is 4.94. The fourth-order valence-corrected chi connectivity index (χ4v) is 2.94. The van der Waals surface area contributed by atoms with Crippen molar-refractivity contribution in [3.8, 4) is 0 Å². The van der Waals surface area contributed by atoms with Crippen LogP contribution in [0.15, 0.2) is 0 Å². The highest BCUT2D eigenvalue weighted by atomic mass is 16.2. The first-order valence-corrected chi connectivity index (χ1v) is 6.69. The van der Waals surface area contributed by atoms with Crippen LogP contribution in [-0.2, 0) is 4.79 Å². The zero-order chi connectivity index (χ0) is 12.5. The Morgan fingerprint density at radius 2 is 2.00 bits per heavy atom. The number of piperidine rings is 1. The molecule has 0 bridgehead atoms. The molecule has 1 N–H and O–H groups in total. The summed E-state index contributed by atoms with van der Waals surface area (Å²) in [5, 5.41) is 3.10. The molecule has 2 heterocycles. The highest BCUT2D eigenvalue weighted by Gasteiger charge is 2.37. The van der Waals surface area contributed by atoms with Gasteiger partial charge in [-0.3, -0.25) is 4.79 Å². The fraction of sp³-hybridized carbons (Fsp3) is 0.923. The highest BCUT2D eigenvalue weighted by molar-refractivity contribution is 5.83. The molecule has 0 spiro atoms. The Morgan fingerprint density at radius 1 is 1.35 bits per heavy atom. The Hall–Kier alpha value is -0.610. The van der Waals surface area contributed by atoms with Crippen molar-refractivity contribution < 1.29 is 4.79 Å². The lowest BCUT2D eigenvalue weighted by atomic mass is 9.80. The van der Waals surface area contributed by atoms with Gasteiger partial charge in [0.05, 0.1) is 6.04 Å². The summed E-state index contributed by atoms with van der Waals surface area (Å²) < 4.78 is 0. The van der Waals surface area contributed by atoms with Gasteiger partial charge in [-0.2, -0.15) is 0 Å². The minimum atomic E-state index is 0.0601. The minimum absolute atomic E-state index is 0.0601. The van der Waals surface area contributed by atoms with Crippen LogP contribution in [0.25, 0.3) is 0 Å². The SMILES string of the molecule is CNC1CCN(CC2(C)CCN(C)CC2)C1=O. The van der Waals surface area contributed by atoms with Gasteiger partial charge in [0.1, 0.15) is 0 Å². The molecule has 0 saturated carbocycles. The maximum Gasteiger partial charge on any atom is 0.239 e. The third kappa shape index (κ3) is 2.80. The third-order valence-corrected chi connectivity index (χ3v) is 4.41. The molecule has 0 radical (unpaired) electrons. The minimum Gasteiger partial charge on any atom is -0.341 e. The van der Waals surface area contributed by atoms with Crippen LogP contribution in [0, 0.1) is 5.41 Å². The first kappa shape index (κ1) is 12.8. The van der Waals surface area contributed by atoms with Gasteiger partial charge >= 0.3 is 0 Å². The second-order valence-corrected chi connectivity index (χ2v) is 6.00. The monoisotopic (exact) mass is 239 g/mol. The molecule has 2 rings (SSSR count). The van der Waals surface area contributed by atoms with E-state index < -0.39 is 0 Å². The van der Waals surface area contributed by atoms with Crippen molar-refractivity contribution in [1.82, 2.24) is 15.1 Å². The lowest BCUT2D eigenvalue weighted by Gasteiger charge is -2.40. The van der Waals surface area contributed by atoms with Crippen molar-refractivity contribution >= 4 is 5.91 Å². The number of nitrogens with zero attached hydrogens (tertiary/aromatic N) is 2. The number of carbonyl (C=O) groups excluding carboxylic acids is 1.